The van der Waals surface area contributed by atoms with Gasteiger partial charge in [-0.25, -0.2) is 0 Å². The molecule has 0 bridgehead atoms. The summed E-state index contributed by atoms with van der Waals surface area (Å²) in [5.74, 6) is 0.809. The molecule has 1 aliphatic rings. The van der Waals surface area contributed by atoms with Gasteiger partial charge in [-0.15, -0.1) is 0 Å². The van der Waals surface area contributed by atoms with E-state index in [1.54, 1.807) is 0 Å². The summed E-state index contributed by atoms with van der Waals surface area (Å²) in [4.78, 5) is 14.5. The number of nitrogens with one attached hydrogen (secondary N) is 1. The van der Waals surface area contributed by atoms with Gasteiger partial charge in [-0.05, 0) is 50.6 Å². The first kappa shape index (κ1) is 16.3. The molecule has 0 radical (unpaired) electrons. The molecule has 1 N–H and O–H groups in total. The van der Waals surface area contributed by atoms with E-state index in [9.17, 15) is 4.79 Å². The summed E-state index contributed by atoms with van der Waals surface area (Å²) >= 11 is 3.40. The monoisotopic (exact) mass is 354 g/mol. The minimum absolute atomic E-state index is 0.0868. The summed E-state index contributed by atoms with van der Waals surface area (Å²) in [7, 11) is 0. The molecule has 1 aromatic rings. The van der Waals surface area contributed by atoms with Crippen molar-refractivity contribution in [2.45, 2.75) is 32.2 Å². The lowest BCUT2D eigenvalue weighted by Crippen LogP contribution is -2.48. The Kier molecular flexibility index (Phi) is 6.51. The topological polar surface area (TPSA) is 41.6 Å². The van der Waals surface area contributed by atoms with Crippen LogP contribution in [0.2, 0.25) is 0 Å². The molecule has 1 saturated heterocycles. The predicted octanol–water partition coefficient (Wildman–Crippen LogP) is 2.82. The van der Waals surface area contributed by atoms with Gasteiger partial charge >= 0.3 is 0 Å². The number of piperidine rings is 1. The molecule has 1 aliphatic heterocycles. The summed E-state index contributed by atoms with van der Waals surface area (Å²) in [5, 5.41) is 3.34. The zero-order valence-corrected chi connectivity index (χ0v) is 14.1. The minimum Gasteiger partial charge on any atom is -0.484 e. The second-order valence-corrected chi connectivity index (χ2v) is 6.23. The number of benzene rings is 1. The molecule has 0 aliphatic carbocycles. The Morgan fingerprint density at radius 3 is 2.86 bits per heavy atom. The third-order valence-electron chi connectivity index (χ3n) is 3.69. The third-order valence-corrected chi connectivity index (χ3v) is 4.19. The molecule has 4 nitrogen and oxygen atoms in total. The van der Waals surface area contributed by atoms with Gasteiger partial charge in [0, 0.05) is 17.1 Å². The highest BCUT2D eigenvalue weighted by Crippen LogP contribution is 2.18. The zero-order valence-electron chi connectivity index (χ0n) is 12.5. The average molecular weight is 355 g/mol. The predicted molar refractivity (Wildman–Crippen MR) is 87.5 cm³/mol. The number of hydrogen-bond donors (Lipinski definition) is 1. The van der Waals surface area contributed by atoms with Gasteiger partial charge in [0.25, 0.3) is 5.91 Å². The van der Waals surface area contributed by atoms with Crippen LogP contribution in [0.4, 0.5) is 0 Å². The number of ether oxygens (including phenoxy) is 1. The quantitative estimate of drug-likeness (QED) is 0.853. The molecule has 1 heterocycles. The second-order valence-electron chi connectivity index (χ2n) is 5.31. The minimum atomic E-state index is 0.0868. The molecule has 116 valence electrons. The molecule has 0 aromatic heterocycles. The van der Waals surface area contributed by atoms with Crippen molar-refractivity contribution in [3.05, 3.63) is 28.7 Å². The highest BCUT2D eigenvalue weighted by atomic mass is 79.9. The first-order chi connectivity index (χ1) is 10.2. The van der Waals surface area contributed by atoms with Gasteiger partial charge in [0.05, 0.1) is 0 Å². The zero-order chi connectivity index (χ0) is 15.1. The summed E-state index contributed by atoms with van der Waals surface area (Å²) in [6.45, 7) is 5.01. The van der Waals surface area contributed by atoms with Gasteiger partial charge in [-0.1, -0.05) is 28.9 Å². The Hall–Kier alpha value is -1.07. The van der Waals surface area contributed by atoms with Crippen LogP contribution < -0.4 is 10.1 Å². The molecule has 1 fully saturated rings. The van der Waals surface area contributed by atoms with E-state index in [1.807, 2.05) is 29.2 Å². The number of amides is 1. The van der Waals surface area contributed by atoms with E-state index < -0.39 is 0 Å². The standard InChI is InChI=1S/C16H23BrN2O2/c1-2-10-19(14-6-8-18-9-7-14)16(20)12-21-15-5-3-4-13(17)11-15/h3-5,11,14,18H,2,6-10,12H2,1H3. The fraction of sp³-hybridized carbons (Fsp3) is 0.562. The molecule has 0 spiro atoms. The van der Waals surface area contributed by atoms with Crippen LogP contribution in [0.15, 0.2) is 28.7 Å². The number of nitrogens with zero attached hydrogens (tertiary/aromatic N) is 1. The Bertz CT molecular complexity index is 461. The van der Waals surface area contributed by atoms with Crippen molar-refractivity contribution < 1.29 is 9.53 Å². The molecule has 1 aromatic carbocycles. The van der Waals surface area contributed by atoms with Crippen LogP contribution in [0.1, 0.15) is 26.2 Å². The van der Waals surface area contributed by atoms with E-state index in [2.05, 4.69) is 28.2 Å². The molecule has 21 heavy (non-hydrogen) atoms. The van der Waals surface area contributed by atoms with E-state index in [-0.39, 0.29) is 12.5 Å². The summed E-state index contributed by atoms with van der Waals surface area (Å²) in [6, 6.07) is 7.94. The van der Waals surface area contributed by atoms with E-state index >= 15 is 0 Å². The SMILES string of the molecule is CCCN(C(=O)COc1cccc(Br)c1)C1CCNCC1. The maximum Gasteiger partial charge on any atom is 0.260 e. The van der Waals surface area contributed by atoms with Gasteiger partial charge in [-0.3, -0.25) is 4.79 Å². The van der Waals surface area contributed by atoms with E-state index in [0.29, 0.717) is 6.04 Å². The molecular formula is C16H23BrN2O2. The first-order valence-electron chi connectivity index (χ1n) is 7.59. The number of rotatable bonds is 6. The lowest BCUT2D eigenvalue weighted by Gasteiger charge is -2.34. The Labute approximate surface area is 135 Å². The van der Waals surface area contributed by atoms with Gasteiger partial charge in [0.1, 0.15) is 5.75 Å². The molecule has 2 rings (SSSR count). The van der Waals surface area contributed by atoms with Crippen molar-refractivity contribution >= 4 is 21.8 Å². The molecule has 1 amide bonds. The van der Waals surface area contributed by atoms with E-state index in [1.165, 1.54) is 0 Å². The number of carbonyl (C=O) groups is 1. The average Bonchev–Trinajstić information content (AvgIpc) is 2.51. The van der Waals surface area contributed by atoms with Crippen molar-refractivity contribution in [2.24, 2.45) is 0 Å². The second kappa shape index (κ2) is 8.39. The van der Waals surface area contributed by atoms with Gasteiger partial charge < -0.3 is 15.0 Å². The first-order valence-corrected chi connectivity index (χ1v) is 8.38. The van der Waals surface area contributed by atoms with Crippen LogP contribution in [0, 0.1) is 0 Å². The largest absolute Gasteiger partial charge is 0.484 e. The van der Waals surface area contributed by atoms with Crippen LogP contribution in [0.5, 0.6) is 5.75 Å². The van der Waals surface area contributed by atoms with E-state index in [4.69, 9.17) is 4.74 Å². The van der Waals surface area contributed by atoms with Crippen LogP contribution in [0.3, 0.4) is 0 Å². The van der Waals surface area contributed by atoms with Gasteiger partial charge in [0.2, 0.25) is 0 Å². The normalized spacial score (nSPS) is 15.7. The molecule has 0 saturated carbocycles. The fourth-order valence-electron chi connectivity index (χ4n) is 2.65. The lowest BCUT2D eigenvalue weighted by atomic mass is 10.0. The van der Waals surface area contributed by atoms with Crippen molar-refractivity contribution in [3.63, 3.8) is 0 Å². The van der Waals surface area contributed by atoms with Crippen molar-refractivity contribution in [2.75, 3.05) is 26.2 Å². The van der Waals surface area contributed by atoms with Crippen LogP contribution in [0.25, 0.3) is 0 Å². The summed E-state index contributed by atoms with van der Waals surface area (Å²) in [6.07, 6.45) is 3.04. The lowest BCUT2D eigenvalue weighted by molar-refractivity contribution is -0.136. The van der Waals surface area contributed by atoms with Crippen LogP contribution in [-0.2, 0) is 4.79 Å². The maximum atomic E-state index is 12.5. The number of halogens is 1. The molecule has 0 atom stereocenters. The smallest absolute Gasteiger partial charge is 0.260 e. The van der Waals surface area contributed by atoms with Crippen LogP contribution >= 0.6 is 15.9 Å². The maximum absolute atomic E-state index is 12.5. The Morgan fingerprint density at radius 2 is 2.19 bits per heavy atom. The van der Waals surface area contributed by atoms with Gasteiger partial charge in [0.15, 0.2) is 6.61 Å². The van der Waals surface area contributed by atoms with Gasteiger partial charge in [-0.2, -0.15) is 0 Å². The Balaban J connectivity index is 1.91. The van der Waals surface area contributed by atoms with E-state index in [0.717, 1.165) is 49.1 Å². The van der Waals surface area contributed by atoms with Crippen LogP contribution in [-0.4, -0.2) is 43.1 Å². The molecule has 0 unspecified atom stereocenters. The third kappa shape index (κ3) is 5.00. The van der Waals surface area contributed by atoms with Crippen molar-refractivity contribution in [3.8, 4) is 5.75 Å². The molecular weight excluding hydrogens is 332 g/mol. The summed E-state index contributed by atoms with van der Waals surface area (Å²) < 4.78 is 6.58. The summed E-state index contributed by atoms with van der Waals surface area (Å²) in [5.41, 5.74) is 0. The van der Waals surface area contributed by atoms with Crippen molar-refractivity contribution in [1.29, 1.82) is 0 Å². The number of hydrogen-bond acceptors (Lipinski definition) is 3. The fourth-order valence-corrected chi connectivity index (χ4v) is 3.03. The number of carbonyl (C=O) groups excluding carboxylic acids is 1. The Morgan fingerprint density at radius 1 is 1.43 bits per heavy atom. The molecule has 5 heteroatoms. The highest BCUT2D eigenvalue weighted by molar-refractivity contribution is 9.10. The van der Waals surface area contributed by atoms with Crippen molar-refractivity contribution in [1.82, 2.24) is 10.2 Å². The highest BCUT2D eigenvalue weighted by Gasteiger charge is 2.24.